The van der Waals surface area contributed by atoms with Crippen LogP contribution in [-0.2, 0) is 22.6 Å². The molecule has 0 aliphatic heterocycles. The summed E-state index contributed by atoms with van der Waals surface area (Å²) in [6.07, 6.45) is 2.06. The maximum Gasteiger partial charge on any atom is 0.242 e. The molecule has 0 fully saturated rings. The summed E-state index contributed by atoms with van der Waals surface area (Å²) < 4.78 is 0. The van der Waals surface area contributed by atoms with Crippen molar-refractivity contribution in [2.75, 3.05) is 6.54 Å². The lowest BCUT2D eigenvalue weighted by molar-refractivity contribution is -0.140. The van der Waals surface area contributed by atoms with E-state index < -0.39 is 6.04 Å². The Hall–Kier alpha value is -2.04. The second-order valence-electron chi connectivity index (χ2n) is 7.26. The van der Waals surface area contributed by atoms with Crippen molar-refractivity contribution < 1.29 is 9.59 Å². The minimum atomic E-state index is -0.581. The second kappa shape index (κ2) is 11.2. The molecule has 1 atom stereocenters. The Bertz CT molecular complexity index is 855. The molecule has 0 aliphatic rings. The molecule has 1 N–H and O–H groups in total. The Balaban J connectivity index is 2.20. The molecule has 0 aromatic heterocycles. The van der Waals surface area contributed by atoms with Crippen LogP contribution in [0.5, 0.6) is 0 Å². The third kappa shape index (κ3) is 7.06. The molecule has 0 radical (unpaired) electrons. The first kappa shape index (κ1) is 23.2. The predicted molar refractivity (Wildman–Crippen MR) is 119 cm³/mol. The van der Waals surface area contributed by atoms with Gasteiger partial charge in [0.05, 0.1) is 16.5 Å². The molecule has 156 valence electrons. The number of halogens is 2. The summed E-state index contributed by atoms with van der Waals surface area (Å²) in [4.78, 5) is 27.4. The number of nitrogens with zero attached hydrogens (tertiary/aromatic N) is 1. The van der Waals surface area contributed by atoms with Crippen LogP contribution in [0, 0.1) is 6.92 Å². The summed E-state index contributed by atoms with van der Waals surface area (Å²) in [6.45, 7) is 6.82. The van der Waals surface area contributed by atoms with Gasteiger partial charge in [0, 0.05) is 13.1 Å². The van der Waals surface area contributed by atoms with Gasteiger partial charge in [-0.25, -0.2) is 0 Å². The molecular formula is C23H28Cl2N2O2. The van der Waals surface area contributed by atoms with E-state index in [1.807, 2.05) is 31.2 Å². The number of nitrogens with one attached hydrogen (secondary N) is 1. The van der Waals surface area contributed by atoms with Crippen molar-refractivity contribution in [3.05, 3.63) is 69.2 Å². The molecule has 0 saturated carbocycles. The number of carbonyl (C=O) groups excluding carboxylic acids is 2. The zero-order chi connectivity index (χ0) is 21.4. The lowest BCUT2D eigenvalue weighted by atomic mass is 10.1. The molecule has 0 spiro atoms. The molecule has 0 heterocycles. The fourth-order valence-electron chi connectivity index (χ4n) is 3.05. The molecule has 2 amide bonds. The van der Waals surface area contributed by atoms with Crippen LogP contribution in [0.25, 0.3) is 0 Å². The number of amides is 2. The van der Waals surface area contributed by atoms with Gasteiger partial charge in [-0.15, -0.1) is 0 Å². The Morgan fingerprint density at radius 2 is 1.83 bits per heavy atom. The zero-order valence-electron chi connectivity index (χ0n) is 17.2. The average molecular weight is 435 g/mol. The molecule has 29 heavy (non-hydrogen) atoms. The average Bonchev–Trinajstić information content (AvgIpc) is 2.68. The third-order valence-corrected chi connectivity index (χ3v) is 5.51. The minimum Gasteiger partial charge on any atom is -0.354 e. The van der Waals surface area contributed by atoms with Crippen LogP contribution in [0.15, 0.2) is 42.5 Å². The smallest absolute Gasteiger partial charge is 0.242 e. The Kier molecular flexibility index (Phi) is 8.99. The van der Waals surface area contributed by atoms with Crippen molar-refractivity contribution in [3.8, 4) is 0 Å². The standard InChI is InChI=1S/C23H28Cl2N2O2/c1-4-5-11-26-23(29)17(3)27(15-19-8-6-7-16(2)12-19)22(28)14-18-9-10-20(24)21(25)13-18/h6-10,12-13,17H,4-5,11,14-15H2,1-3H3,(H,26,29). The van der Waals surface area contributed by atoms with Gasteiger partial charge in [0.1, 0.15) is 6.04 Å². The monoisotopic (exact) mass is 434 g/mol. The van der Waals surface area contributed by atoms with Gasteiger partial charge in [0.25, 0.3) is 0 Å². The van der Waals surface area contributed by atoms with Crippen LogP contribution in [0.2, 0.25) is 10.0 Å². The summed E-state index contributed by atoms with van der Waals surface area (Å²) in [5, 5.41) is 3.78. The minimum absolute atomic E-state index is 0.136. The highest BCUT2D eigenvalue weighted by Gasteiger charge is 2.26. The number of aryl methyl sites for hydroxylation is 1. The molecule has 4 nitrogen and oxygen atoms in total. The Labute approximate surface area is 183 Å². The largest absolute Gasteiger partial charge is 0.354 e. The molecule has 2 aromatic carbocycles. The highest BCUT2D eigenvalue weighted by molar-refractivity contribution is 6.42. The fourth-order valence-corrected chi connectivity index (χ4v) is 3.37. The van der Waals surface area contributed by atoms with Crippen molar-refractivity contribution >= 4 is 35.0 Å². The van der Waals surface area contributed by atoms with Crippen LogP contribution in [0.4, 0.5) is 0 Å². The number of rotatable bonds is 9. The first-order valence-electron chi connectivity index (χ1n) is 9.88. The van der Waals surface area contributed by atoms with Gasteiger partial charge in [-0.3, -0.25) is 9.59 Å². The number of benzene rings is 2. The highest BCUT2D eigenvalue weighted by atomic mass is 35.5. The lowest BCUT2D eigenvalue weighted by Gasteiger charge is -2.29. The zero-order valence-corrected chi connectivity index (χ0v) is 18.7. The summed E-state index contributed by atoms with van der Waals surface area (Å²) in [5.41, 5.74) is 2.86. The van der Waals surface area contributed by atoms with Crippen molar-refractivity contribution in [1.29, 1.82) is 0 Å². The quantitative estimate of drug-likeness (QED) is 0.552. The van der Waals surface area contributed by atoms with Gasteiger partial charge in [-0.2, -0.15) is 0 Å². The SMILES string of the molecule is CCCCNC(=O)C(C)N(Cc1cccc(C)c1)C(=O)Cc1ccc(Cl)c(Cl)c1. The van der Waals surface area contributed by atoms with Crippen LogP contribution in [0.1, 0.15) is 43.4 Å². The van der Waals surface area contributed by atoms with Crippen LogP contribution in [-0.4, -0.2) is 29.3 Å². The van der Waals surface area contributed by atoms with E-state index in [-0.39, 0.29) is 18.2 Å². The Morgan fingerprint density at radius 1 is 1.07 bits per heavy atom. The molecule has 1 unspecified atom stereocenters. The van der Waals surface area contributed by atoms with Gasteiger partial charge < -0.3 is 10.2 Å². The van der Waals surface area contributed by atoms with Crippen molar-refractivity contribution in [1.82, 2.24) is 10.2 Å². The van der Waals surface area contributed by atoms with Crippen LogP contribution in [0.3, 0.4) is 0 Å². The van der Waals surface area contributed by atoms with Crippen LogP contribution >= 0.6 is 23.2 Å². The van der Waals surface area contributed by atoms with Crippen molar-refractivity contribution in [3.63, 3.8) is 0 Å². The molecular weight excluding hydrogens is 407 g/mol. The van der Waals surface area contributed by atoms with E-state index in [1.165, 1.54) is 0 Å². The van der Waals surface area contributed by atoms with Crippen molar-refractivity contribution in [2.45, 2.75) is 52.6 Å². The van der Waals surface area contributed by atoms with Crippen LogP contribution < -0.4 is 5.32 Å². The molecule has 6 heteroatoms. The van der Waals surface area contributed by atoms with E-state index in [2.05, 4.69) is 12.2 Å². The number of unbranched alkanes of at least 4 members (excludes halogenated alkanes) is 1. The van der Waals surface area contributed by atoms with Gasteiger partial charge in [-0.05, 0) is 43.5 Å². The molecule has 0 aliphatic carbocycles. The summed E-state index contributed by atoms with van der Waals surface area (Å²) in [7, 11) is 0. The first-order chi connectivity index (χ1) is 13.8. The maximum absolute atomic E-state index is 13.1. The third-order valence-electron chi connectivity index (χ3n) is 4.77. The molecule has 2 aromatic rings. The topological polar surface area (TPSA) is 49.4 Å². The first-order valence-corrected chi connectivity index (χ1v) is 10.6. The van der Waals surface area contributed by atoms with E-state index >= 15 is 0 Å². The maximum atomic E-state index is 13.1. The normalized spacial score (nSPS) is 11.8. The summed E-state index contributed by atoms with van der Waals surface area (Å²) in [6, 6.07) is 12.5. The number of carbonyl (C=O) groups is 2. The molecule has 0 saturated heterocycles. The number of hydrogen-bond donors (Lipinski definition) is 1. The molecule has 0 bridgehead atoms. The summed E-state index contributed by atoms with van der Waals surface area (Å²) >= 11 is 12.1. The highest BCUT2D eigenvalue weighted by Crippen LogP contribution is 2.23. The molecule has 2 rings (SSSR count). The van der Waals surface area contributed by atoms with Gasteiger partial charge in [0.2, 0.25) is 11.8 Å². The predicted octanol–water partition coefficient (Wildman–Crippen LogP) is 5.18. The summed E-state index contributed by atoms with van der Waals surface area (Å²) in [5.74, 6) is -0.281. The Morgan fingerprint density at radius 3 is 2.48 bits per heavy atom. The van der Waals surface area contributed by atoms with E-state index in [1.54, 1.807) is 30.0 Å². The van der Waals surface area contributed by atoms with E-state index in [0.29, 0.717) is 23.1 Å². The number of hydrogen-bond acceptors (Lipinski definition) is 2. The van der Waals surface area contributed by atoms with Crippen molar-refractivity contribution in [2.24, 2.45) is 0 Å². The second-order valence-corrected chi connectivity index (χ2v) is 8.07. The van der Waals surface area contributed by atoms with E-state index in [9.17, 15) is 9.59 Å². The fraction of sp³-hybridized carbons (Fsp3) is 0.391. The van der Waals surface area contributed by atoms with Gasteiger partial charge >= 0.3 is 0 Å². The lowest BCUT2D eigenvalue weighted by Crippen LogP contribution is -2.48. The van der Waals surface area contributed by atoms with Gasteiger partial charge in [-0.1, -0.05) is 72.4 Å². The van der Waals surface area contributed by atoms with Gasteiger partial charge in [0.15, 0.2) is 0 Å². The van der Waals surface area contributed by atoms with E-state index in [0.717, 1.165) is 29.5 Å². The van der Waals surface area contributed by atoms with E-state index in [4.69, 9.17) is 23.2 Å².